The number of rotatable bonds is 1. The Labute approximate surface area is 69.2 Å². The van der Waals surface area contributed by atoms with Crippen molar-refractivity contribution in [2.24, 2.45) is 5.73 Å². The van der Waals surface area contributed by atoms with Gasteiger partial charge in [0, 0.05) is 12.2 Å². The zero-order chi connectivity index (χ0) is 8.43. The molecular weight excluding hydrogens is 164 g/mol. The Morgan fingerprint density at radius 1 is 1.73 bits per heavy atom. The topological polar surface area (TPSA) is 58.9 Å². The predicted molar refractivity (Wildman–Crippen MR) is 44.7 cm³/mol. The minimum atomic E-state index is -0.280. The van der Waals surface area contributed by atoms with Crippen LogP contribution in [-0.4, -0.2) is 4.98 Å². The molecule has 0 aromatic carbocycles. The van der Waals surface area contributed by atoms with Gasteiger partial charge < -0.3 is 10.7 Å². The molecule has 0 radical (unpaired) electrons. The average molecular weight is 173 g/mol. The summed E-state index contributed by atoms with van der Waals surface area (Å²) in [7, 11) is 0. The number of halogens is 1. The highest BCUT2D eigenvalue weighted by molar-refractivity contribution is 6.30. The fourth-order valence-corrected chi connectivity index (χ4v) is 1.06. The number of nitrogens with one attached hydrogen (secondary N) is 1. The van der Waals surface area contributed by atoms with Crippen LogP contribution in [-0.2, 0) is 6.54 Å². The molecule has 0 saturated heterocycles. The van der Waals surface area contributed by atoms with Gasteiger partial charge in [0.1, 0.15) is 5.02 Å². The van der Waals surface area contributed by atoms with Crippen LogP contribution >= 0.6 is 11.6 Å². The summed E-state index contributed by atoms with van der Waals surface area (Å²) in [5.74, 6) is 0. The second-order valence-corrected chi connectivity index (χ2v) is 2.72. The zero-order valence-corrected chi connectivity index (χ0v) is 6.90. The van der Waals surface area contributed by atoms with Crippen molar-refractivity contribution < 1.29 is 0 Å². The van der Waals surface area contributed by atoms with Crippen molar-refractivity contribution >= 4 is 11.6 Å². The van der Waals surface area contributed by atoms with Gasteiger partial charge in [-0.15, -0.1) is 0 Å². The van der Waals surface area contributed by atoms with Crippen molar-refractivity contribution in [2.75, 3.05) is 0 Å². The number of hydrogen-bond donors (Lipinski definition) is 2. The van der Waals surface area contributed by atoms with Crippen LogP contribution in [0.2, 0.25) is 5.02 Å². The van der Waals surface area contributed by atoms with Gasteiger partial charge in [0.2, 0.25) is 0 Å². The molecule has 0 aliphatic heterocycles. The lowest BCUT2D eigenvalue weighted by atomic mass is 10.2. The van der Waals surface area contributed by atoms with Gasteiger partial charge in [-0.2, -0.15) is 0 Å². The maximum Gasteiger partial charge on any atom is 0.266 e. The van der Waals surface area contributed by atoms with E-state index in [9.17, 15) is 4.79 Å². The van der Waals surface area contributed by atoms with Gasteiger partial charge in [0.15, 0.2) is 0 Å². The molecule has 1 heterocycles. The smallest absolute Gasteiger partial charge is 0.266 e. The summed E-state index contributed by atoms with van der Waals surface area (Å²) in [5, 5.41) is 0.208. The molecular formula is C7H9ClN2O. The molecule has 0 aliphatic carbocycles. The first-order valence-electron chi connectivity index (χ1n) is 3.23. The summed E-state index contributed by atoms with van der Waals surface area (Å²) in [6.45, 7) is 2.18. The number of hydrogen-bond acceptors (Lipinski definition) is 2. The Morgan fingerprint density at radius 2 is 2.36 bits per heavy atom. The lowest BCUT2D eigenvalue weighted by Gasteiger charge is -2.01. The Kier molecular flexibility index (Phi) is 2.31. The summed E-state index contributed by atoms with van der Waals surface area (Å²) < 4.78 is 0. The van der Waals surface area contributed by atoms with E-state index in [1.807, 2.05) is 6.92 Å². The second kappa shape index (κ2) is 3.07. The van der Waals surface area contributed by atoms with Gasteiger partial charge in [-0.1, -0.05) is 11.6 Å². The molecule has 1 aromatic heterocycles. The van der Waals surface area contributed by atoms with Crippen LogP contribution in [0.1, 0.15) is 11.3 Å². The van der Waals surface area contributed by atoms with E-state index in [2.05, 4.69) is 4.98 Å². The van der Waals surface area contributed by atoms with E-state index >= 15 is 0 Å². The molecule has 1 rings (SSSR count). The van der Waals surface area contributed by atoms with E-state index in [-0.39, 0.29) is 10.6 Å². The molecule has 0 atom stereocenters. The molecule has 0 fully saturated rings. The van der Waals surface area contributed by atoms with E-state index in [1.54, 1.807) is 6.07 Å². The molecule has 4 heteroatoms. The Balaban J connectivity index is 3.32. The van der Waals surface area contributed by atoms with Gasteiger partial charge in [0.05, 0.1) is 0 Å². The molecule has 0 unspecified atom stereocenters. The van der Waals surface area contributed by atoms with Gasteiger partial charge in [-0.3, -0.25) is 4.79 Å². The van der Waals surface area contributed by atoms with Crippen LogP contribution in [0.5, 0.6) is 0 Å². The van der Waals surface area contributed by atoms with Crippen molar-refractivity contribution in [1.29, 1.82) is 0 Å². The summed E-state index contributed by atoms with van der Waals surface area (Å²) >= 11 is 5.56. The highest BCUT2D eigenvalue weighted by Crippen LogP contribution is 2.06. The largest absolute Gasteiger partial charge is 0.325 e. The molecule has 3 N–H and O–H groups in total. The number of pyridine rings is 1. The van der Waals surface area contributed by atoms with E-state index in [1.165, 1.54) is 0 Å². The summed E-state index contributed by atoms with van der Waals surface area (Å²) in [5.41, 5.74) is 6.73. The minimum absolute atomic E-state index is 0.208. The number of aryl methyl sites for hydroxylation is 1. The maximum absolute atomic E-state index is 10.9. The Bertz CT molecular complexity index is 319. The lowest BCUT2D eigenvalue weighted by molar-refractivity contribution is 0.952. The third kappa shape index (κ3) is 1.61. The minimum Gasteiger partial charge on any atom is -0.325 e. The second-order valence-electron chi connectivity index (χ2n) is 2.31. The number of H-pyrrole nitrogens is 1. The molecule has 0 amide bonds. The van der Waals surface area contributed by atoms with E-state index < -0.39 is 0 Å². The quantitative estimate of drug-likeness (QED) is 0.658. The van der Waals surface area contributed by atoms with Crippen LogP contribution in [0, 0.1) is 6.92 Å². The highest BCUT2D eigenvalue weighted by Gasteiger charge is 2.00. The van der Waals surface area contributed by atoms with Crippen LogP contribution in [0.15, 0.2) is 10.9 Å². The molecule has 11 heavy (non-hydrogen) atoms. The fraction of sp³-hybridized carbons (Fsp3) is 0.286. The first-order valence-corrected chi connectivity index (χ1v) is 3.61. The van der Waals surface area contributed by atoms with Crippen molar-refractivity contribution in [3.8, 4) is 0 Å². The van der Waals surface area contributed by atoms with Crippen LogP contribution in [0.3, 0.4) is 0 Å². The summed E-state index contributed by atoms with van der Waals surface area (Å²) in [6.07, 6.45) is 0. The molecule has 60 valence electrons. The average Bonchev–Trinajstić information content (AvgIpc) is 1.97. The monoisotopic (exact) mass is 172 g/mol. The Hall–Kier alpha value is -0.800. The lowest BCUT2D eigenvalue weighted by Crippen LogP contribution is -2.13. The van der Waals surface area contributed by atoms with E-state index in [0.29, 0.717) is 6.54 Å². The van der Waals surface area contributed by atoms with Crippen molar-refractivity contribution in [3.63, 3.8) is 0 Å². The predicted octanol–water partition coefficient (Wildman–Crippen LogP) is 0.795. The van der Waals surface area contributed by atoms with Crippen LogP contribution in [0.25, 0.3) is 0 Å². The van der Waals surface area contributed by atoms with Gasteiger partial charge in [-0.05, 0) is 18.6 Å². The zero-order valence-electron chi connectivity index (χ0n) is 6.15. The normalized spacial score (nSPS) is 10.1. The van der Waals surface area contributed by atoms with Crippen LogP contribution < -0.4 is 11.3 Å². The molecule has 0 aliphatic rings. The van der Waals surface area contributed by atoms with Gasteiger partial charge >= 0.3 is 0 Å². The number of aromatic amines is 1. The van der Waals surface area contributed by atoms with Gasteiger partial charge in [0.25, 0.3) is 5.56 Å². The molecule has 1 aromatic rings. The molecule has 0 bridgehead atoms. The van der Waals surface area contributed by atoms with E-state index in [4.69, 9.17) is 17.3 Å². The van der Waals surface area contributed by atoms with Crippen molar-refractivity contribution in [2.45, 2.75) is 13.5 Å². The summed E-state index contributed by atoms with van der Waals surface area (Å²) in [4.78, 5) is 13.5. The molecule has 0 spiro atoms. The molecule has 3 nitrogen and oxygen atoms in total. The number of nitrogens with two attached hydrogens (primary N) is 1. The van der Waals surface area contributed by atoms with Gasteiger partial charge in [-0.25, -0.2) is 0 Å². The number of aromatic nitrogens is 1. The highest BCUT2D eigenvalue weighted by atomic mass is 35.5. The maximum atomic E-state index is 10.9. The standard InChI is InChI=1S/C7H9ClN2O/c1-4-2-5(8)7(11)10-6(4)3-9/h2H,3,9H2,1H3,(H,10,11). The first kappa shape index (κ1) is 8.30. The van der Waals surface area contributed by atoms with Crippen LogP contribution in [0.4, 0.5) is 0 Å². The fourth-order valence-electron chi connectivity index (χ4n) is 0.850. The third-order valence-electron chi connectivity index (χ3n) is 1.50. The summed E-state index contributed by atoms with van der Waals surface area (Å²) in [6, 6.07) is 1.61. The SMILES string of the molecule is Cc1cc(Cl)c(=O)[nH]c1CN. The van der Waals surface area contributed by atoms with Crippen molar-refractivity contribution in [3.05, 3.63) is 32.7 Å². The van der Waals surface area contributed by atoms with Crippen molar-refractivity contribution in [1.82, 2.24) is 4.98 Å². The Morgan fingerprint density at radius 3 is 2.91 bits per heavy atom. The van der Waals surface area contributed by atoms with E-state index in [0.717, 1.165) is 11.3 Å². The molecule has 0 saturated carbocycles. The third-order valence-corrected chi connectivity index (χ3v) is 1.79. The first-order chi connectivity index (χ1) is 5.15.